The lowest BCUT2D eigenvalue weighted by Crippen LogP contribution is -2.51. The van der Waals surface area contributed by atoms with Crippen molar-refractivity contribution >= 4 is 11.9 Å². The second-order valence-corrected chi connectivity index (χ2v) is 6.15. The maximum atomic E-state index is 11.8. The Labute approximate surface area is 115 Å². The summed E-state index contributed by atoms with van der Waals surface area (Å²) in [7, 11) is 1.93. The molecule has 1 aliphatic heterocycles. The molecule has 0 bridgehead atoms. The summed E-state index contributed by atoms with van der Waals surface area (Å²) in [5.41, 5.74) is -0.342. The minimum Gasteiger partial charge on any atom is -0.333 e. The molecule has 0 aromatic carbocycles. The minimum atomic E-state index is -0.434. The topological polar surface area (TPSA) is 73.5 Å². The largest absolute Gasteiger partial charge is 0.333 e. The molecule has 0 spiro atoms. The van der Waals surface area contributed by atoms with Gasteiger partial charge in [0.2, 0.25) is 5.91 Å². The van der Waals surface area contributed by atoms with Crippen molar-refractivity contribution in [3.63, 3.8) is 0 Å². The van der Waals surface area contributed by atoms with Gasteiger partial charge in [0.1, 0.15) is 0 Å². The average molecular weight is 270 g/mol. The van der Waals surface area contributed by atoms with Gasteiger partial charge in [-0.15, -0.1) is 0 Å². The van der Waals surface area contributed by atoms with Crippen molar-refractivity contribution in [2.24, 2.45) is 0 Å². The van der Waals surface area contributed by atoms with Crippen LogP contribution < -0.4 is 16.0 Å². The van der Waals surface area contributed by atoms with Gasteiger partial charge >= 0.3 is 6.03 Å². The molecule has 0 unspecified atom stereocenters. The third kappa shape index (κ3) is 6.54. The standard InChI is InChI=1S/C13H26N4O2/c1-13(2,3)16-12(19)15-11(18)9-17(4)10-5-7-14-8-6-10/h10,14H,5-9H2,1-4H3,(H2,15,16,18,19). The van der Waals surface area contributed by atoms with Gasteiger partial charge in [0, 0.05) is 11.6 Å². The molecular formula is C13H26N4O2. The second kappa shape index (κ2) is 6.86. The number of nitrogens with one attached hydrogen (secondary N) is 3. The van der Waals surface area contributed by atoms with Gasteiger partial charge in [0.25, 0.3) is 0 Å². The molecule has 1 rings (SSSR count). The molecule has 1 heterocycles. The van der Waals surface area contributed by atoms with E-state index < -0.39 is 6.03 Å². The molecule has 0 saturated carbocycles. The lowest BCUT2D eigenvalue weighted by atomic mass is 10.1. The number of likely N-dealkylation sites (N-methyl/N-ethyl adjacent to an activating group) is 1. The van der Waals surface area contributed by atoms with Gasteiger partial charge in [-0.25, -0.2) is 4.79 Å². The summed E-state index contributed by atoms with van der Waals surface area (Å²) in [5.74, 6) is -0.261. The maximum Gasteiger partial charge on any atom is 0.321 e. The van der Waals surface area contributed by atoms with Crippen molar-refractivity contribution < 1.29 is 9.59 Å². The zero-order valence-electron chi connectivity index (χ0n) is 12.4. The number of hydrogen-bond acceptors (Lipinski definition) is 4. The fourth-order valence-electron chi connectivity index (χ4n) is 2.14. The Kier molecular flexibility index (Phi) is 5.75. The van der Waals surface area contributed by atoms with Gasteiger partial charge in [-0.2, -0.15) is 0 Å². The van der Waals surface area contributed by atoms with E-state index in [9.17, 15) is 9.59 Å². The van der Waals surface area contributed by atoms with Crippen molar-refractivity contribution in [3.8, 4) is 0 Å². The molecular weight excluding hydrogens is 244 g/mol. The summed E-state index contributed by atoms with van der Waals surface area (Å²) in [6, 6.07) is -0.0195. The number of amides is 3. The molecule has 110 valence electrons. The van der Waals surface area contributed by atoms with Crippen LogP contribution >= 0.6 is 0 Å². The minimum absolute atomic E-state index is 0.252. The van der Waals surface area contributed by atoms with Crippen LogP contribution in [0.5, 0.6) is 0 Å². The van der Waals surface area contributed by atoms with Crippen LogP contribution in [0, 0.1) is 0 Å². The van der Waals surface area contributed by atoms with Crippen LogP contribution in [0.4, 0.5) is 4.79 Å². The number of carbonyl (C=O) groups excluding carboxylic acids is 2. The van der Waals surface area contributed by atoms with Crippen LogP contribution in [-0.4, -0.2) is 55.1 Å². The first-order valence-electron chi connectivity index (χ1n) is 6.81. The zero-order chi connectivity index (χ0) is 14.5. The van der Waals surface area contributed by atoms with Crippen LogP contribution in [0.1, 0.15) is 33.6 Å². The molecule has 0 aromatic rings. The number of nitrogens with zero attached hydrogens (tertiary/aromatic N) is 1. The van der Waals surface area contributed by atoms with E-state index in [2.05, 4.69) is 16.0 Å². The summed E-state index contributed by atoms with van der Waals surface area (Å²) in [6.45, 7) is 7.85. The van der Waals surface area contributed by atoms with Crippen LogP contribution in [-0.2, 0) is 4.79 Å². The number of hydrogen-bond donors (Lipinski definition) is 3. The molecule has 0 aliphatic carbocycles. The SMILES string of the molecule is CN(CC(=O)NC(=O)NC(C)(C)C)C1CCNCC1. The molecule has 3 N–H and O–H groups in total. The molecule has 0 aromatic heterocycles. The van der Waals surface area contributed by atoms with Crippen LogP contribution in [0.2, 0.25) is 0 Å². The molecule has 6 heteroatoms. The number of imide groups is 1. The Morgan fingerprint density at radius 2 is 1.84 bits per heavy atom. The Balaban J connectivity index is 2.31. The van der Waals surface area contributed by atoms with Crippen molar-refractivity contribution in [2.75, 3.05) is 26.7 Å². The highest BCUT2D eigenvalue weighted by atomic mass is 16.2. The predicted octanol–water partition coefficient (Wildman–Crippen LogP) is 0.295. The Morgan fingerprint density at radius 3 is 2.37 bits per heavy atom. The number of piperidine rings is 1. The van der Waals surface area contributed by atoms with E-state index in [1.807, 2.05) is 32.7 Å². The third-order valence-corrected chi connectivity index (χ3v) is 3.07. The lowest BCUT2D eigenvalue weighted by Gasteiger charge is -2.31. The summed E-state index contributed by atoms with van der Waals surface area (Å²) < 4.78 is 0. The quantitative estimate of drug-likeness (QED) is 0.689. The summed E-state index contributed by atoms with van der Waals surface area (Å²) in [6.07, 6.45) is 2.08. The van der Waals surface area contributed by atoms with Gasteiger partial charge in [0.05, 0.1) is 6.54 Å². The van der Waals surface area contributed by atoms with Crippen LogP contribution in [0.25, 0.3) is 0 Å². The lowest BCUT2D eigenvalue weighted by molar-refractivity contribution is -0.121. The number of rotatable bonds is 3. The van der Waals surface area contributed by atoms with Crippen molar-refractivity contribution in [1.29, 1.82) is 0 Å². The highest BCUT2D eigenvalue weighted by Gasteiger charge is 2.21. The van der Waals surface area contributed by atoms with E-state index in [0.29, 0.717) is 6.04 Å². The highest BCUT2D eigenvalue weighted by molar-refractivity contribution is 5.95. The first-order valence-corrected chi connectivity index (χ1v) is 6.81. The molecule has 19 heavy (non-hydrogen) atoms. The van der Waals surface area contributed by atoms with Gasteiger partial charge in [-0.05, 0) is 53.8 Å². The number of carbonyl (C=O) groups is 2. The molecule has 0 atom stereocenters. The maximum absolute atomic E-state index is 11.8. The van der Waals surface area contributed by atoms with Gasteiger partial charge in [-0.3, -0.25) is 15.0 Å². The van der Waals surface area contributed by atoms with Crippen molar-refractivity contribution in [2.45, 2.75) is 45.2 Å². The molecule has 3 amide bonds. The van der Waals surface area contributed by atoms with Crippen molar-refractivity contribution in [1.82, 2.24) is 20.9 Å². The van der Waals surface area contributed by atoms with Gasteiger partial charge in [0.15, 0.2) is 0 Å². The van der Waals surface area contributed by atoms with Crippen LogP contribution in [0.3, 0.4) is 0 Å². The summed E-state index contributed by atoms with van der Waals surface area (Å²) in [5, 5.41) is 8.35. The molecule has 1 saturated heterocycles. The first-order chi connectivity index (χ1) is 8.78. The molecule has 1 fully saturated rings. The van der Waals surface area contributed by atoms with E-state index in [4.69, 9.17) is 0 Å². The van der Waals surface area contributed by atoms with Crippen LogP contribution in [0.15, 0.2) is 0 Å². The van der Waals surface area contributed by atoms with Gasteiger partial charge in [-0.1, -0.05) is 0 Å². The smallest absolute Gasteiger partial charge is 0.321 e. The summed E-state index contributed by atoms with van der Waals surface area (Å²) >= 11 is 0. The average Bonchev–Trinajstić information content (AvgIpc) is 2.27. The van der Waals surface area contributed by atoms with E-state index >= 15 is 0 Å². The Morgan fingerprint density at radius 1 is 1.26 bits per heavy atom. The Hall–Kier alpha value is -1.14. The van der Waals surface area contributed by atoms with Crippen molar-refractivity contribution in [3.05, 3.63) is 0 Å². The molecule has 1 aliphatic rings. The zero-order valence-corrected chi connectivity index (χ0v) is 12.4. The van der Waals surface area contributed by atoms with E-state index in [0.717, 1.165) is 25.9 Å². The first kappa shape index (κ1) is 15.9. The normalized spacial score (nSPS) is 17.3. The fraction of sp³-hybridized carbons (Fsp3) is 0.846. The fourth-order valence-corrected chi connectivity index (χ4v) is 2.14. The highest BCUT2D eigenvalue weighted by Crippen LogP contribution is 2.09. The second-order valence-electron chi connectivity index (χ2n) is 6.15. The van der Waals surface area contributed by atoms with E-state index in [1.54, 1.807) is 0 Å². The van der Waals surface area contributed by atoms with Gasteiger partial charge < -0.3 is 10.6 Å². The third-order valence-electron chi connectivity index (χ3n) is 3.07. The van der Waals surface area contributed by atoms with E-state index in [1.165, 1.54) is 0 Å². The molecule has 0 radical (unpaired) electrons. The predicted molar refractivity (Wildman–Crippen MR) is 74.9 cm³/mol. The monoisotopic (exact) mass is 270 g/mol. The molecule has 6 nitrogen and oxygen atoms in total. The number of urea groups is 1. The summed E-state index contributed by atoms with van der Waals surface area (Å²) in [4.78, 5) is 25.3. The van der Waals surface area contributed by atoms with E-state index in [-0.39, 0.29) is 18.0 Å². The Bertz CT molecular complexity index is 319.